The topological polar surface area (TPSA) is 72.2 Å². The molecule has 7 heteroatoms. The van der Waals surface area contributed by atoms with E-state index in [1.54, 1.807) is 0 Å². The summed E-state index contributed by atoms with van der Waals surface area (Å²) >= 11 is 3.34. The van der Waals surface area contributed by atoms with Crippen LogP contribution >= 0.6 is 15.9 Å². The lowest BCUT2D eigenvalue weighted by molar-refractivity contribution is -0.385. The van der Waals surface area contributed by atoms with Crippen molar-refractivity contribution in [3.63, 3.8) is 0 Å². The number of nitro benzene ring substituents is 1. The molecule has 0 fully saturated rings. The monoisotopic (exact) mass is 346 g/mol. The van der Waals surface area contributed by atoms with Crippen molar-refractivity contribution in [2.24, 2.45) is 0 Å². The van der Waals surface area contributed by atoms with Crippen LogP contribution in [0.25, 0.3) is 0 Å². The largest absolute Gasteiger partial charge is 0.352 e. The minimum absolute atomic E-state index is 0.0304. The van der Waals surface area contributed by atoms with Crippen LogP contribution in [0, 0.1) is 15.9 Å². The highest BCUT2D eigenvalue weighted by Gasteiger charge is 2.14. The van der Waals surface area contributed by atoms with Gasteiger partial charge in [-0.2, -0.15) is 0 Å². The smallest absolute Gasteiger partial charge is 0.273 e. The van der Waals surface area contributed by atoms with Gasteiger partial charge in [0.2, 0.25) is 0 Å². The van der Waals surface area contributed by atoms with Gasteiger partial charge in [0.15, 0.2) is 0 Å². The fraction of sp³-hybridized carbons (Fsp3) is 0.462. The summed E-state index contributed by atoms with van der Waals surface area (Å²) in [4.78, 5) is 21.6. The van der Waals surface area contributed by atoms with Gasteiger partial charge in [-0.15, -0.1) is 0 Å². The summed E-state index contributed by atoms with van der Waals surface area (Å²) in [6.45, 7) is 0.478. The van der Waals surface area contributed by atoms with Crippen LogP contribution in [0.15, 0.2) is 18.2 Å². The molecule has 1 rings (SSSR count). The average Bonchev–Trinajstić information content (AvgIpc) is 2.41. The Morgan fingerprint density at radius 3 is 2.60 bits per heavy atom. The van der Waals surface area contributed by atoms with E-state index in [1.165, 1.54) is 0 Å². The van der Waals surface area contributed by atoms with E-state index < -0.39 is 22.3 Å². The molecule has 0 aliphatic carbocycles. The number of amides is 1. The molecule has 0 aliphatic rings. The molecular weight excluding hydrogens is 331 g/mol. The Kier molecular flexibility index (Phi) is 7.14. The number of halogens is 2. The molecule has 0 unspecified atom stereocenters. The Morgan fingerprint density at radius 1 is 1.25 bits per heavy atom. The van der Waals surface area contributed by atoms with E-state index in [4.69, 9.17) is 0 Å². The summed E-state index contributed by atoms with van der Waals surface area (Å²) in [5, 5.41) is 14.2. The third kappa shape index (κ3) is 5.64. The Labute approximate surface area is 124 Å². The van der Waals surface area contributed by atoms with Gasteiger partial charge in [0, 0.05) is 23.5 Å². The molecule has 0 saturated carbocycles. The van der Waals surface area contributed by atoms with Crippen molar-refractivity contribution in [1.82, 2.24) is 5.32 Å². The molecule has 1 aromatic carbocycles. The quantitative estimate of drug-likeness (QED) is 0.339. The van der Waals surface area contributed by atoms with Crippen molar-refractivity contribution in [3.8, 4) is 0 Å². The molecule has 0 radical (unpaired) electrons. The fourth-order valence-electron chi connectivity index (χ4n) is 1.69. The number of nitrogens with one attached hydrogen (secondary N) is 1. The molecule has 20 heavy (non-hydrogen) atoms. The molecule has 5 nitrogen and oxygen atoms in total. The molecule has 0 spiro atoms. The molecule has 0 heterocycles. The number of hydrogen-bond acceptors (Lipinski definition) is 3. The van der Waals surface area contributed by atoms with Crippen molar-refractivity contribution in [1.29, 1.82) is 0 Å². The summed E-state index contributed by atoms with van der Waals surface area (Å²) < 4.78 is 13.2. The number of rotatable bonds is 8. The van der Waals surface area contributed by atoms with Crippen molar-refractivity contribution >= 4 is 27.5 Å². The maximum atomic E-state index is 13.2. The number of nitrogens with zero attached hydrogens (tertiary/aromatic N) is 1. The van der Waals surface area contributed by atoms with Crippen LogP contribution in [0.2, 0.25) is 0 Å². The highest BCUT2D eigenvalue weighted by atomic mass is 79.9. The number of alkyl halides is 1. The summed E-state index contributed by atoms with van der Waals surface area (Å²) in [6, 6.07) is 2.85. The van der Waals surface area contributed by atoms with E-state index >= 15 is 0 Å². The molecule has 1 amide bonds. The number of unbranched alkanes of at least 4 members (excludes halogenated alkanes) is 3. The van der Waals surface area contributed by atoms with Gasteiger partial charge < -0.3 is 5.32 Å². The number of carbonyl (C=O) groups is 1. The molecule has 0 bridgehead atoms. The summed E-state index contributed by atoms with van der Waals surface area (Å²) in [6.07, 6.45) is 3.99. The lowest BCUT2D eigenvalue weighted by atomic mass is 10.1. The maximum absolute atomic E-state index is 13.2. The predicted octanol–water partition coefficient (Wildman–Crippen LogP) is 3.42. The zero-order chi connectivity index (χ0) is 15.0. The van der Waals surface area contributed by atoms with Crippen molar-refractivity contribution in [2.45, 2.75) is 25.7 Å². The van der Waals surface area contributed by atoms with Gasteiger partial charge in [0.25, 0.3) is 11.6 Å². The minimum atomic E-state index is -0.790. The van der Waals surface area contributed by atoms with Crippen LogP contribution in [0.1, 0.15) is 36.0 Å². The first-order valence-corrected chi connectivity index (χ1v) is 7.46. The summed E-state index contributed by atoms with van der Waals surface area (Å²) in [7, 11) is 0. The molecule has 0 atom stereocenters. The highest BCUT2D eigenvalue weighted by molar-refractivity contribution is 9.09. The Bertz CT molecular complexity index is 483. The van der Waals surface area contributed by atoms with E-state index in [0.29, 0.717) is 6.54 Å². The number of nitro groups is 1. The number of hydrogen-bond donors (Lipinski definition) is 1. The first-order chi connectivity index (χ1) is 9.54. The molecule has 0 aromatic heterocycles. The van der Waals surface area contributed by atoms with Gasteiger partial charge in [0.05, 0.1) is 11.0 Å². The fourth-order valence-corrected chi connectivity index (χ4v) is 2.08. The van der Waals surface area contributed by atoms with Crippen LogP contribution in [0.4, 0.5) is 10.1 Å². The van der Waals surface area contributed by atoms with Gasteiger partial charge in [0.1, 0.15) is 5.82 Å². The van der Waals surface area contributed by atoms with Crippen molar-refractivity contribution in [2.75, 3.05) is 11.9 Å². The second kappa shape index (κ2) is 8.63. The van der Waals surface area contributed by atoms with Crippen LogP contribution < -0.4 is 5.32 Å². The van der Waals surface area contributed by atoms with Gasteiger partial charge in [-0.1, -0.05) is 28.8 Å². The predicted molar refractivity (Wildman–Crippen MR) is 77.6 cm³/mol. The molecular formula is C13H16BrFN2O3. The van der Waals surface area contributed by atoms with Gasteiger partial charge in [-0.3, -0.25) is 14.9 Å². The first kappa shape index (κ1) is 16.6. The van der Waals surface area contributed by atoms with Crippen LogP contribution in [0.5, 0.6) is 0 Å². The van der Waals surface area contributed by atoms with E-state index in [9.17, 15) is 19.3 Å². The molecule has 1 aromatic rings. The van der Waals surface area contributed by atoms with Gasteiger partial charge >= 0.3 is 0 Å². The molecule has 110 valence electrons. The normalized spacial score (nSPS) is 10.3. The van der Waals surface area contributed by atoms with Gasteiger partial charge in [-0.05, 0) is 18.9 Å². The zero-order valence-electron chi connectivity index (χ0n) is 10.9. The number of benzene rings is 1. The lowest BCUT2D eigenvalue weighted by Gasteiger charge is -2.05. The van der Waals surface area contributed by atoms with E-state index in [1.807, 2.05) is 0 Å². The van der Waals surface area contributed by atoms with Crippen LogP contribution in [-0.4, -0.2) is 22.7 Å². The lowest BCUT2D eigenvalue weighted by Crippen LogP contribution is -2.24. The van der Waals surface area contributed by atoms with E-state index in [0.717, 1.165) is 49.2 Å². The third-order valence-electron chi connectivity index (χ3n) is 2.70. The van der Waals surface area contributed by atoms with Crippen LogP contribution in [0.3, 0.4) is 0 Å². The third-order valence-corrected chi connectivity index (χ3v) is 3.26. The number of non-ortho nitro benzene ring substituents is 1. The Morgan fingerprint density at radius 2 is 1.95 bits per heavy atom. The summed E-state index contributed by atoms with van der Waals surface area (Å²) in [5.74, 6) is -1.28. The molecule has 0 saturated heterocycles. The zero-order valence-corrected chi connectivity index (χ0v) is 12.5. The Balaban J connectivity index is 2.49. The van der Waals surface area contributed by atoms with E-state index in [-0.39, 0.29) is 5.56 Å². The number of carbonyl (C=O) groups excluding carboxylic acids is 1. The minimum Gasteiger partial charge on any atom is -0.352 e. The summed E-state index contributed by atoms with van der Waals surface area (Å²) in [5.41, 5.74) is -0.454. The van der Waals surface area contributed by atoms with E-state index in [2.05, 4.69) is 21.2 Å². The molecule has 1 N–H and O–H groups in total. The Hall–Kier alpha value is -1.50. The average molecular weight is 347 g/mol. The molecule has 0 aliphatic heterocycles. The van der Waals surface area contributed by atoms with Crippen LogP contribution in [-0.2, 0) is 0 Å². The van der Waals surface area contributed by atoms with Gasteiger partial charge in [-0.25, -0.2) is 4.39 Å². The van der Waals surface area contributed by atoms with Crippen molar-refractivity contribution in [3.05, 3.63) is 39.7 Å². The SMILES string of the molecule is O=C(NCCCCCCBr)c1cc(F)cc([N+](=O)[O-])c1. The standard InChI is InChI=1S/C13H16BrFN2O3/c14-5-3-1-2-4-6-16-13(18)10-7-11(15)9-12(8-10)17(19)20/h7-9H,1-6H2,(H,16,18). The van der Waals surface area contributed by atoms with Crippen molar-refractivity contribution < 1.29 is 14.1 Å². The second-order valence-electron chi connectivity index (χ2n) is 4.31. The first-order valence-electron chi connectivity index (χ1n) is 6.33. The highest BCUT2D eigenvalue weighted by Crippen LogP contribution is 2.16. The maximum Gasteiger partial charge on any atom is 0.273 e. The second-order valence-corrected chi connectivity index (χ2v) is 5.11.